The number of aryl methyl sites for hydroxylation is 1. The number of carbonyl (C=O) groups excluding carboxylic acids is 1. The van der Waals surface area contributed by atoms with Crippen molar-refractivity contribution in [2.45, 2.75) is 45.6 Å². The van der Waals surface area contributed by atoms with E-state index >= 15 is 0 Å². The lowest BCUT2D eigenvalue weighted by molar-refractivity contribution is -0.144. The van der Waals surface area contributed by atoms with Gasteiger partial charge in [0.05, 0.1) is 5.92 Å². The predicted molar refractivity (Wildman–Crippen MR) is 87.4 cm³/mol. The molecular formula is C18H24FNO4. The number of ether oxygens (including phenoxy) is 1. The Balaban J connectivity index is 2.27. The van der Waals surface area contributed by atoms with Gasteiger partial charge in [0.2, 0.25) is 0 Å². The molecule has 132 valence electrons. The van der Waals surface area contributed by atoms with Crippen molar-refractivity contribution in [3.05, 3.63) is 35.1 Å². The zero-order chi connectivity index (χ0) is 18.1. The van der Waals surface area contributed by atoms with E-state index in [0.29, 0.717) is 18.5 Å². The highest BCUT2D eigenvalue weighted by Gasteiger charge is 2.38. The molecule has 2 rings (SSSR count). The highest BCUT2D eigenvalue weighted by molar-refractivity contribution is 5.73. The van der Waals surface area contributed by atoms with Crippen molar-refractivity contribution in [1.82, 2.24) is 4.90 Å². The number of benzene rings is 1. The second-order valence-corrected chi connectivity index (χ2v) is 7.27. The smallest absolute Gasteiger partial charge is 0.410 e. The number of carbonyl (C=O) groups is 2. The zero-order valence-electron chi connectivity index (χ0n) is 14.5. The molecule has 24 heavy (non-hydrogen) atoms. The number of hydrogen-bond donors (Lipinski definition) is 1. The molecule has 5 nitrogen and oxygen atoms in total. The van der Waals surface area contributed by atoms with Gasteiger partial charge in [0.25, 0.3) is 0 Å². The summed E-state index contributed by atoms with van der Waals surface area (Å²) in [6.45, 7) is 7.70. The normalized spacial score (nSPS) is 21.5. The van der Waals surface area contributed by atoms with Crippen LogP contribution >= 0.6 is 0 Å². The summed E-state index contributed by atoms with van der Waals surface area (Å²) in [6.07, 6.45) is -0.105. The Morgan fingerprint density at radius 1 is 1.33 bits per heavy atom. The predicted octanol–water partition coefficient (Wildman–Crippen LogP) is 3.56. The van der Waals surface area contributed by atoms with E-state index in [1.165, 1.54) is 17.0 Å². The standard InChI is InChI=1S/C18H24FNO4/c1-11-9-12(19)5-6-13(11)15-10-20(8-7-14(15)16(21)22)17(23)24-18(2,3)4/h5-6,9,14-15H,7-8,10H2,1-4H3,(H,21,22)/t14-,15+/m1/s1. The number of carboxylic acid groups (broad SMARTS) is 1. The van der Waals surface area contributed by atoms with Gasteiger partial charge in [0, 0.05) is 19.0 Å². The van der Waals surface area contributed by atoms with Crippen molar-refractivity contribution in [3.63, 3.8) is 0 Å². The minimum absolute atomic E-state index is 0.248. The molecule has 6 heteroatoms. The van der Waals surface area contributed by atoms with Gasteiger partial charge in [-0.2, -0.15) is 0 Å². The number of halogens is 1. The molecule has 1 heterocycles. The molecule has 0 radical (unpaired) electrons. The Morgan fingerprint density at radius 3 is 2.54 bits per heavy atom. The highest BCUT2D eigenvalue weighted by Crippen LogP contribution is 2.35. The van der Waals surface area contributed by atoms with Crippen molar-refractivity contribution in [1.29, 1.82) is 0 Å². The van der Waals surface area contributed by atoms with Crippen LogP contribution in [-0.2, 0) is 9.53 Å². The monoisotopic (exact) mass is 337 g/mol. The van der Waals surface area contributed by atoms with E-state index in [1.807, 2.05) is 0 Å². The lowest BCUT2D eigenvalue weighted by atomic mass is 9.79. The van der Waals surface area contributed by atoms with Crippen molar-refractivity contribution in [2.24, 2.45) is 5.92 Å². The number of aliphatic carboxylic acids is 1. The van der Waals surface area contributed by atoms with Gasteiger partial charge in [0.15, 0.2) is 0 Å². The fourth-order valence-corrected chi connectivity index (χ4v) is 3.11. The van der Waals surface area contributed by atoms with Gasteiger partial charge in [-0.1, -0.05) is 6.07 Å². The zero-order valence-corrected chi connectivity index (χ0v) is 14.5. The first-order valence-electron chi connectivity index (χ1n) is 8.05. The molecule has 1 aromatic rings. The largest absolute Gasteiger partial charge is 0.481 e. The molecule has 1 amide bonds. The third-order valence-corrected chi connectivity index (χ3v) is 4.21. The molecule has 2 atom stereocenters. The minimum atomic E-state index is -0.896. The summed E-state index contributed by atoms with van der Waals surface area (Å²) in [5.74, 6) is -2.24. The molecule has 1 N–H and O–H groups in total. The summed E-state index contributed by atoms with van der Waals surface area (Å²) in [7, 11) is 0. The molecule has 1 aromatic carbocycles. The van der Waals surface area contributed by atoms with Crippen LogP contribution in [0.1, 0.15) is 44.2 Å². The van der Waals surface area contributed by atoms with Crippen molar-refractivity contribution < 1.29 is 23.8 Å². The third kappa shape index (κ3) is 4.24. The lowest BCUT2D eigenvalue weighted by Crippen LogP contribution is -2.46. The second-order valence-electron chi connectivity index (χ2n) is 7.27. The SMILES string of the molecule is Cc1cc(F)ccc1[C@@H]1CN(C(=O)OC(C)(C)C)CC[C@H]1C(=O)O. The lowest BCUT2D eigenvalue weighted by Gasteiger charge is -2.38. The Kier molecular flexibility index (Phi) is 5.16. The minimum Gasteiger partial charge on any atom is -0.481 e. The summed E-state index contributed by atoms with van der Waals surface area (Å²) in [4.78, 5) is 25.5. The molecule has 0 spiro atoms. The Bertz CT molecular complexity index is 638. The van der Waals surface area contributed by atoms with E-state index < -0.39 is 23.6 Å². The Labute approximate surface area is 141 Å². The third-order valence-electron chi connectivity index (χ3n) is 4.21. The van der Waals surface area contributed by atoms with E-state index in [1.54, 1.807) is 33.8 Å². The molecular weight excluding hydrogens is 313 g/mol. The molecule has 0 unspecified atom stereocenters. The maximum Gasteiger partial charge on any atom is 0.410 e. The van der Waals surface area contributed by atoms with Crippen molar-refractivity contribution in [3.8, 4) is 0 Å². The molecule has 0 aromatic heterocycles. The summed E-state index contributed by atoms with van der Waals surface area (Å²) in [5, 5.41) is 9.52. The van der Waals surface area contributed by atoms with E-state index in [4.69, 9.17) is 4.74 Å². The first-order valence-corrected chi connectivity index (χ1v) is 8.05. The molecule has 0 aliphatic carbocycles. The van der Waals surface area contributed by atoms with Crippen LogP contribution in [0.25, 0.3) is 0 Å². The number of nitrogens with zero attached hydrogens (tertiary/aromatic N) is 1. The topological polar surface area (TPSA) is 66.8 Å². The van der Waals surface area contributed by atoms with Crippen LogP contribution < -0.4 is 0 Å². The second kappa shape index (κ2) is 6.79. The molecule has 0 saturated carbocycles. The summed E-state index contributed by atoms with van der Waals surface area (Å²) < 4.78 is 18.7. The van der Waals surface area contributed by atoms with Gasteiger partial charge in [0.1, 0.15) is 11.4 Å². The molecule has 1 fully saturated rings. The maximum absolute atomic E-state index is 13.4. The quantitative estimate of drug-likeness (QED) is 0.896. The van der Waals surface area contributed by atoms with E-state index in [2.05, 4.69) is 0 Å². The molecule has 1 aliphatic rings. The number of likely N-dealkylation sites (tertiary alicyclic amines) is 1. The van der Waals surface area contributed by atoms with Crippen LogP contribution in [0.4, 0.5) is 9.18 Å². The fourth-order valence-electron chi connectivity index (χ4n) is 3.11. The van der Waals surface area contributed by atoms with Crippen LogP contribution in [0.15, 0.2) is 18.2 Å². The summed E-state index contributed by atoms with van der Waals surface area (Å²) >= 11 is 0. The van der Waals surface area contributed by atoms with E-state index in [-0.39, 0.29) is 18.3 Å². The number of piperidine rings is 1. The van der Waals surface area contributed by atoms with Crippen LogP contribution in [0.3, 0.4) is 0 Å². The van der Waals surface area contributed by atoms with Crippen LogP contribution in [0.5, 0.6) is 0 Å². The molecule has 1 aliphatic heterocycles. The van der Waals surface area contributed by atoms with Gasteiger partial charge in [-0.3, -0.25) is 4.79 Å². The number of amides is 1. The van der Waals surface area contributed by atoms with Crippen LogP contribution in [0.2, 0.25) is 0 Å². The fraction of sp³-hybridized carbons (Fsp3) is 0.556. The number of carboxylic acids is 1. The van der Waals surface area contributed by atoms with Crippen LogP contribution in [-0.4, -0.2) is 40.8 Å². The molecule has 0 bridgehead atoms. The van der Waals surface area contributed by atoms with E-state index in [0.717, 1.165) is 5.56 Å². The maximum atomic E-state index is 13.4. The average Bonchev–Trinajstić information content (AvgIpc) is 2.44. The van der Waals surface area contributed by atoms with Crippen molar-refractivity contribution >= 4 is 12.1 Å². The highest BCUT2D eigenvalue weighted by atomic mass is 19.1. The van der Waals surface area contributed by atoms with Crippen molar-refractivity contribution in [2.75, 3.05) is 13.1 Å². The van der Waals surface area contributed by atoms with Gasteiger partial charge in [-0.25, -0.2) is 9.18 Å². The van der Waals surface area contributed by atoms with Crippen LogP contribution in [0, 0.1) is 18.7 Å². The summed E-state index contributed by atoms with van der Waals surface area (Å²) in [5.41, 5.74) is 0.844. The first-order chi connectivity index (χ1) is 11.1. The number of hydrogen-bond acceptors (Lipinski definition) is 3. The van der Waals surface area contributed by atoms with Gasteiger partial charge >= 0.3 is 12.1 Å². The summed E-state index contributed by atoms with van der Waals surface area (Å²) in [6, 6.07) is 4.33. The van der Waals surface area contributed by atoms with Gasteiger partial charge < -0.3 is 14.7 Å². The molecule has 1 saturated heterocycles. The van der Waals surface area contributed by atoms with Gasteiger partial charge in [-0.15, -0.1) is 0 Å². The Morgan fingerprint density at radius 2 is 2.00 bits per heavy atom. The van der Waals surface area contributed by atoms with Gasteiger partial charge in [-0.05, 0) is 57.4 Å². The number of rotatable bonds is 2. The average molecular weight is 337 g/mol. The first kappa shape index (κ1) is 18.2. The Hall–Kier alpha value is -2.11. The van der Waals surface area contributed by atoms with E-state index in [9.17, 15) is 19.1 Å².